The van der Waals surface area contributed by atoms with Gasteiger partial charge in [0, 0.05) is 23.8 Å². The Hall–Kier alpha value is -3.31. The van der Waals surface area contributed by atoms with Crippen LogP contribution in [-0.2, 0) is 4.74 Å². The first kappa shape index (κ1) is 22.9. The summed E-state index contributed by atoms with van der Waals surface area (Å²) in [5.74, 6) is 0.677. The van der Waals surface area contributed by atoms with Gasteiger partial charge in [0.25, 0.3) is 0 Å². The van der Waals surface area contributed by atoms with Gasteiger partial charge in [-0.15, -0.1) is 0 Å². The number of aliphatic hydroxyl groups is 3. The predicted molar refractivity (Wildman–Crippen MR) is 116 cm³/mol. The summed E-state index contributed by atoms with van der Waals surface area (Å²) in [5, 5.41) is 40.1. The summed E-state index contributed by atoms with van der Waals surface area (Å²) in [7, 11) is 2.83. The van der Waals surface area contributed by atoms with Crippen molar-refractivity contribution >= 4 is 11.0 Å². The van der Waals surface area contributed by atoms with E-state index in [9.17, 15) is 25.2 Å². The molecule has 1 aromatic heterocycles. The van der Waals surface area contributed by atoms with E-state index in [2.05, 4.69) is 0 Å². The van der Waals surface area contributed by atoms with Gasteiger partial charge in [-0.05, 0) is 25.1 Å². The lowest BCUT2D eigenvalue weighted by Gasteiger charge is -2.39. The summed E-state index contributed by atoms with van der Waals surface area (Å²) >= 11 is 0. The van der Waals surface area contributed by atoms with Gasteiger partial charge in [0.2, 0.25) is 6.29 Å². The molecule has 10 heteroatoms. The monoisotopic (exact) mass is 460 g/mol. The van der Waals surface area contributed by atoms with Crippen LogP contribution < -0.4 is 19.6 Å². The average molecular weight is 460 g/mol. The maximum atomic E-state index is 13.1. The normalized spacial score (nSPS) is 25.1. The van der Waals surface area contributed by atoms with Crippen LogP contribution in [0.4, 0.5) is 0 Å². The average Bonchev–Trinajstić information content (AvgIpc) is 2.80. The van der Waals surface area contributed by atoms with Gasteiger partial charge in [0.05, 0.1) is 20.3 Å². The molecule has 2 unspecified atom stereocenters. The van der Waals surface area contributed by atoms with Gasteiger partial charge in [-0.3, -0.25) is 4.79 Å². The minimum Gasteiger partial charge on any atom is -0.504 e. The zero-order valence-electron chi connectivity index (χ0n) is 18.1. The molecule has 2 heterocycles. The molecule has 0 saturated carbocycles. The predicted octanol–water partition coefficient (Wildman–Crippen LogP) is 1.39. The zero-order chi connectivity index (χ0) is 23.9. The SMILES string of the molecule is COc1cc(O[C@@H]2OC(C)[C@H](O)[C@H](O)C2O)c2c(=O)cc(-c3ccc(O)c(OC)c3)oc2c1. The number of hydrogen-bond donors (Lipinski definition) is 4. The Kier molecular flexibility index (Phi) is 6.17. The van der Waals surface area contributed by atoms with Gasteiger partial charge in [-0.2, -0.15) is 0 Å². The Morgan fingerprint density at radius 1 is 0.909 bits per heavy atom. The van der Waals surface area contributed by atoms with E-state index in [4.69, 9.17) is 23.4 Å². The first-order valence-electron chi connectivity index (χ1n) is 10.1. The van der Waals surface area contributed by atoms with Crippen molar-refractivity contribution in [2.75, 3.05) is 14.2 Å². The number of fused-ring (bicyclic) bond motifs is 1. The molecule has 1 fully saturated rings. The van der Waals surface area contributed by atoms with E-state index in [0.717, 1.165) is 0 Å². The fourth-order valence-electron chi connectivity index (χ4n) is 3.65. The number of ether oxygens (including phenoxy) is 4. The number of hydrogen-bond acceptors (Lipinski definition) is 10. The lowest BCUT2D eigenvalue weighted by atomic mass is 10.00. The molecule has 0 radical (unpaired) electrons. The second kappa shape index (κ2) is 8.91. The van der Waals surface area contributed by atoms with E-state index in [1.54, 1.807) is 6.07 Å². The molecule has 0 spiro atoms. The summed E-state index contributed by atoms with van der Waals surface area (Å²) in [4.78, 5) is 13.1. The lowest BCUT2D eigenvalue weighted by Crippen LogP contribution is -2.58. The quantitative estimate of drug-likeness (QED) is 0.440. The van der Waals surface area contributed by atoms with Crippen LogP contribution in [0.15, 0.2) is 45.6 Å². The Bertz CT molecular complexity index is 1220. The van der Waals surface area contributed by atoms with Crippen LogP contribution >= 0.6 is 0 Å². The first-order chi connectivity index (χ1) is 15.7. The van der Waals surface area contributed by atoms with Crippen molar-refractivity contribution in [2.24, 2.45) is 0 Å². The number of aliphatic hydroxyl groups excluding tert-OH is 3. The Labute approximate surface area is 188 Å². The van der Waals surface area contributed by atoms with E-state index in [1.807, 2.05) is 0 Å². The molecule has 3 aromatic rings. The first-order valence-corrected chi connectivity index (χ1v) is 10.1. The van der Waals surface area contributed by atoms with Crippen molar-refractivity contribution in [3.05, 3.63) is 46.6 Å². The van der Waals surface area contributed by atoms with Crippen LogP contribution in [0.25, 0.3) is 22.3 Å². The second-order valence-corrected chi connectivity index (χ2v) is 7.66. The molecule has 4 rings (SSSR count). The minimum absolute atomic E-state index is 0.00720. The van der Waals surface area contributed by atoms with Gasteiger partial charge in [-0.25, -0.2) is 0 Å². The van der Waals surface area contributed by atoms with E-state index in [1.165, 1.54) is 51.5 Å². The van der Waals surface area contributed by atoms with Crippen LogP contribution in [0.1, 0.15) is 6.92 Å². The highest BCUT2D eigenvalue weighted by Gasteiger charge is 2.43. The molecular formula is C23H24O10. The Morgan fingerprint density at radius 3 is 2.36 bits per heavy atom. The topological polar surface area (TPSA) is 148 Å². The van der Waals surface area contributed by atoms with Crippen LogP contribution in [-0.4, -0.2) is 65.4 Å². The van der Waals surface area contributed by atoms with Gasteiger partial charge in [0.1, 0.15) is 46.5 Å². The largest absolute Gasteiger partial charge is 0.504 e. The van der Waals surface area contributed by atoms with Crippen molar-refractivity contribution in [1.29, 1.82) is 0 Å². The maximum Gasteiger partial charge on any atom is 0.229 e. The van der Waals surface area contributed by atoms with Crippen LogP contribution in [0, 0.1) is 0 Å². The number of phenolic OH excluding ortho intramolecular Hbond substituents is 1. The van der Waals surface area contributed by atoms with Crippen molar-refractivity contribution < 1.29 is 43.8 Å². The van der Waals surface area contributed by atoms with E-state index in [0.29, 0.717) is 11.3 Å². The fraction of sp³-hybridized carbons (Fsp3) is 0.348. The van der Waals surface area contributed by atoms with Crippen molar-refractivity contribution in [3.63, 3.8) is 0 Å². The minimum atomic E-state index is -1.56. The number of phenols is 1. The third kappa shape index (κ3) is 4.21. The molecule has 5 atom stereocenters. The van der Waals surface area contributed by atoms with Gasteiger partial charge in [-0.1, -0.05) is 0 Å². The number of methoxy groups -OCH3 is 2. The Balaban J connectivity index is 1.79. The number of benzene rings is 2. The molecule has 4 N–H and O–H groups in total. The van der Waals surface area contributed by atoms with Crippen molar-refractivity contribution in [1.82, 2.24) is 0 Å². The molecular weight excluding hydrogens is 436 g/mol. The molecule has 1 aliphatic rings. The summed E-state index contributed by atoms with van der Waals surface area (Å²) in [6.45, 7) is 1.52. The summed E-state index contributed by atoms with van der Waals surface area (Å²) in [6, 6.07) is 8.70. The molecule has 0 aliphatic carbocycles. The van der Waals surface area contributed by atoms with Crippen molar-refractivity contribution in [2.45, 2.75) is 37.6 Å². The van der Waals surface area contributed by atoms with E-state index >= 15 is 0 Å². The Morgan fingerprint density at radius 2 is 1.67 bits per heavy atom. The number of aromatic hydroxyl groups is 1. The van der Waals surface area contributed by atoms with Gasteiger partial charge in [0.15, 0.2) is 16.9 Å². The summed E-state index contributed by atoms with van der Waals surface area (Å²) < 4.78 is 27.6. The highest BCUT2D eigenvalue weighted by molar-refractivity contribution is 5.86. The number of rotatable bonds is 5. The molecule has 0 amide bonds. The van der Waals surface area contributed by atoms with E-state index < -0.39 is 36.1 Å². The van der Waals surface area contributed by atoms with Crippen LogP contribution in [0.2, 0.25) is 0 Å². The molecule has 176 valence electrons. The smallest absolute Gasteiger partial charge is 0.229 e. The van der Waals surface area contributed by atoms with Crippen LogP contribution in [0.3, 0.4) is 0 Å². The molecule has 10 nitrogen and oxygen atoms in total. The highest BCUT2D eigenvalue weighted by Crippen LogP contribution is 2.36. The molecule has 2 aromatic carbocycles. The van der Waals surface area contributed by atoms with E-state index in [-0.39, 0.29) is 34.0 Å². The third-order valence-corrected chi connectivity index (χ3v) is 5.52. The highest BCUT2D eigenvalue weighted by atomic mass is 16.7. The van der Waals surface area contributed by atoms with Crippen LogP contribution in [0.5, 0.6) is 23.0 Å². The van der Waals surface area contributed by atoms with Crippen molar-refractivity contribution in [3.8, 4) is 34.3 Å². The van der Waals surface area contributed by atoms with Gasteiger partial charge < -0.3 is 43.8 Å². The summed E-state index contributed by atoms with van der Waals surface area (Å²) in [6.07, 6.45) is -6.53. The molecule has 33 heavy (non-hydrogen) atoms. The molecule has 1 saturated heterocycles. The zero-order valence-corrected chi connectivity index (χ0v) is 18.1. The van der Waals surface area contributed by atoms with Gasteiger partial charge >= 0.3 is 0 Å². The summed E-state index contributed by atoms with van der Waals surface area (Å²) in [5.41, 5.74) is 0.179. The lowest BCUT2D eigenvalue weighted by molar-refractivity contribution is -0.267. The maximum absolute atomic E-state index is 13.1. The third-order valence-electron chi connectivity index (χ3n) is 5.52. The molecule has 1 aliphatic heterocycles. The fourth-order valence-corrected chi connectivity index (χ4v) is 3.65. The standard InChI is InChI=1S/C23H24O10/c1-10-20(26)21(27)22(28)23(31-10)33-18-8-12(29-2)7-17-19(18)14(25)9-15(32-17)11-4-5-13(24)16(6-11)30-3/h4-10,20-24,26-28H,1-3H3/t10?,20-,21-,22?,23-/m0/s1. The molecule has 0 bridgehead atoms. The second-order valence-electron chi connectivity index (χ2n) is 7.66.